The molecule has 1 fully saturated rings. The average Bonchev–Trinajstić information content (AvgIpc) is 2.36. The van der Waals surface area contributed by atoms with Gasteiger partial charge in [0.15, 0.2) is 0 Å². The van der Waals surface area contributed by atoms with Gasteiger partial charge in [0.25, 0.3) is 0 Å². The minimum Gasteiger partial charge on any atom is -0.481 e. The highest BCUT2D eigenvalue weighted by Gasteiger charge is 2.42. The lowest BCUT2D eigenvalue weighted by atomic mass is 10.0. The molecule has 0 aromatic heterocycles. The van der Waals surface area contributed by atoms with Crippen LogP contribution in [0.4, 0.5) is 4.79 Å². The third kappa shape index (κ3) is 3.37. The van der Waals surface area contributed by atoms with Gasteiger partial charge < -0.3 is 19.6 Å². The summed E-state index contributed by atoms with van der Waals surface area (Å²) in [7, 11) is 3.83. The Morgan fingerprint density at radius 3 is 2.75 bits per heavy atom. The zero-order valence-corrected chi connectivity index (χ0v) is 9.89. The largest absolute Gasteiger partial charge is 0.481 e. The Hall–Kier alpha value is -1.30. The van der Waals surface area contributed by atoms with Gasteiger partial charge in [-0.1, -0.05) is 0 Å². The lowest BCUT2D eigenvalue weighted by Gasteiger charge is -2.20. The van der Waals surface area contributed by atoms with Gasteiger partial charge >= 0.3 is 12.1 Å². The second-order valence-corrected chi connectivity index (χ2v) is 4.61. The number of hydrogen-bond acceptors (Lipinski definition) is 4. The van der Waals surface area contributed by atoms with Crippen LogP contribution < -0.4 is 0 Å². The molecule has 0 aromatic carbocycles. The van der Waals surface area contributed by atoms with E-state index in [0.717, 1.165) is 6.54 Å². The Balaban J connectivity index is 2.52. The number of rotatable bonds is 5. The van der Waals surface area contributed by atoms with Crippen molar-refractivity contribution in [3.05, 3.63) is 0 Å². The summed E-state index contributed by atoms with van der Waals surface area (Å²) in [5.41, 5.74) is -0.894. The summed E-state index contributed by atoms with van der Waals surface area (Å²) in [4.78, 5) is 25.6. The molecule has 1 rings (SSSR count). The molecule has 6 nitrogen and oxygen atoms in total. The minimum absolute atomic E-state index is 0.156. The maximum Gasteiger partial charge on any atom is 0.410 e. The van der Waals surface area contributed by atoms with Gasteiger partial charge in [0.2, 0.25) is 0 Å². The predicted molar refractivity (Wildman–Crippen MR) is 57.3 cm³/mol. The smallest absolute Gasteiger partial charge is 0.410 e. The van der Waals surface area contributed by atoms with E-state index in [0.29, 0.717) is 13.1 Å². The van der Waals surface area contributed by atoms with Gasteiger partial charge in [-0.25, -0.2) is 4.79 Å². The highest BCUT2D eigenvalue weighted by molar-refractivity contribution is 5.74. The van der Waals surface area contributed by atoms with Crippen molar-refractivity contribution in [3.63, 3.8) is 0 Å². The summed E-state index contributed by atoms with van der Waals surface area (Å²) in [5.74, 6) is -0.954. The number of carboxylic acids is 1. The van der Waals surface area contributed by atoms with E-state index in [2.05, 4.69) is 0 Å². The molecule has 0 spiro atoms. The number of likely N-dealkylation sites (N-methyl/N-ethyl adjacent to an activating group) is 1. The Kier molecular flexibility index (Phi) is 3.74. The Labute approximate surface area is 94.8 Å². The number of cyclic esters (lactones) is 1. The van der Waals surface area contributed by atoms with E-state index < -0.39 is 17.7 Å². The van der Waals surface area contributed by atoms with Crippen LogP contribution in [0.3, 0.4) is 0 Å². The number of carbonyl (C=O) groups is 2. The number of hydrogen-bond donors (Lipinski definition) is 1. The summed E-state index contributed by atoms with van der Waals surface area (Å²) in [6, 6.07) is 0. The molecule has 0 radical (unpaired) electrons. The average molecular weight is 230 g/mol. The normalized spacial score (nSPS) is 25.0. The van der Waals surface area contributed by atoms with E-state index in [1.807, 2.05) is 19.0 Å². The Bertz CT molecular complexity index is 293. The summed E-state index contributed by atoms with van der Waals surface area (Å²) in [6.07, 6.45) is -0.581. The maximum absolute atomic E-state index is 11.5. The van der Waals surface area contributed by atoms with Crippen molar-refractivity contribution in [1.29, 1.82) is 0 Å². The van der Waals surface area contributed by atoms with Crippen LogP contribution in [0, 0.1) is 0 Å². The first-order valence-electron chi connectivity index (χ1n) is 5.17. The lowest BCUT2D eigenvalue weighted by molar-refractivity contribution is -0.140. The second kappa shape index (κ2) is 4.69. The maximum atomic E-state index is 11.5. The fourth-order valence-electron chi connectivity index (χ4n) is 1.68. The fourth-order valence-corrected chi connectivity index (χ4v) is 1.68. The first-order chi connectivity index (χ1) is 7.32. The number of nitrogens with zero attached hydrogens (tertiary/aromatic N) is 2. The zero-order valence-electron chi connectivity index (χ0n) is 9.89. The molecule has 1 N–H and O–H groups in total. The highest BCUT2D eigenvalue weighted by Crippen LogP contribution is 2.25. The molecular formula is C10H18N2O4. The molecular weight excluding hydrogens is 212 g/mol. The van der Waals surface area contributed by atoms with Crippen LogP contribution in [0.1, 0.15) is 13.3 Å². The number of amides is 1. The SMILES string of the molecule is CN(C)CCN1CC(C)(CC(=O)O)OC1=O. The monoisotopic (exact) mass is 230 g/mol. The lowest BCUT2D eigenvalue weighted by Crippen LogP contribution is -2.36. The van der Waals surface area contributed by atoms with Crippen molar-refractivity contribution in [2.45, 2.75) is 18.9 Å². The van der Waals surface area contributed by atoms with Gasteiger partial charge in [-0.3, -0.25) is 4.79 Å². The van der Waals surface area contributed by atoms with Crippen LogP contribution in [0.2, 0.25) is 0 Å². The molecule has 1 atom stereocenters. The molecule has 0 aromatic rings. The topological polar surface area (TPSA) is 70.1 Å². The fraction of sp³-hybridized carbons (Fsp3) is 0.800. The number of carboxylic acid groups (broad SMARTS) is 1. The van der Waals surface area contributed by atoms with Crippen molar-refractivity contribution in [3.8, 4) is 0 Å². The van der Waals surface area contributed by atoms with Crippen molar-refractivity contribution in [2.24, 2.45) is 0 Å². The molecule has 1 aliphatic rings. The Morgan fingerprint density at radius 2 is 2.25 bits per heavy atom. The summed E-state index contributed by atoms with van der Waals surface area (Å²) in [5, 5.41) is 8.71. The highest BCUT2D eigenvalue weighted by atomic mass is 16.6. The van der Waals surface area contributed by atoms with Gasteiger partial charge in [0, 0.05) is 13.1 Å². The number of ether oxygens (including phenoxy) is 1. The van der Waals surface area contributed by atoms with E-state index in [-0.39, 0.29) is 6.42 Å². The van der Waals surface area contributed by atoms with E-state index in [4.69, 9.17) is 9.84 Å². The van der Waals surface area contributed by atoms with E-state index in [1.54, 1.807) is 11.8 Å². The van der Waals surface area contributed by atoms with Gasteiger partial charge in [-0.05, 0) is 21.0 Å². The van der Waals surface area contributed by atoms with Crippen molar-refractivity contribution < 1.29 is 19.4 Å². The standard InChI is InChI=1S/C10H18N2O4/c1-10(6-8(13)14)7-12(9(15)16-10)5-4-11(2)3/h4-7H2,1-3H3,(H,13,14). The molecule has 16 heavy (non-hydrogen) atoms. The molecule has 1 unspecified atom stereocenters. The zero-order chi connectivity index (χ0) is 12.3. The summed E-state index contributed by atoms with van der Waals surface area (Å²) >= 11 is 0. The molecule has 92 valence electrons. The van der Waals surface area contributed by atoms with Crippen LogP contribution in [-0.4, -0.2) is 66.3 Å². The number of aliphatic carboxylic acids is 1. The van der Waals surface area contributed by atoms with E-state index in [9.17, 15) is 9.59 Å². The van der Waals surface area contributed by atoms with E-state index >= 15 is 0 Å². The minimum atomic E-state index is -0.954. The van der Waals surface area contributed by atoms with Crippen LogP contribution in [0.5, 0.6) is 0 Å². The van der Waals surface area contributed by atoms with Crippen molar-refractivity contribution >= 4 is 12.1 Å². The first kappa shape index (κ1) is 12.8. The van der Waals surface area contributed by atoms with Crippen LogP contribution >= 0.6 is 0 Å². The molecule has 1 aliphatic heterocycles. The second-order valence-electron chi connectivity index (χ2n) is 4.61. The van der Waals surface area contributed by atoms with Crippen LogP contribution in [-0.2, 0) is 9.53 Å². The molecule has 0 aliphatic carbocycles. The van der Waals surface area contributed by atoms with Crippen molar-refractivity contribution in [2.75, 3.05) is 33.7 Å². The van der Waals surface area contributed by atoms with Crippen LogP contribution in [0.25, 0.3) is 0 Å². The predicted octanol–water partition coefficient (Wildman–Crippen LogP) is 0.234. The van der Waals surface area contributed by atoms with Gasteiger partial charge in [-0.2, -0.15) is 0 Å². The van der Waals surface area contributed by atoms with Crippen molar-refractivity contribution in [1.82, 2.24) is 9.80 Å². The Morgan fingerprint density at radius 1 is 1.62 bits per heavy atom. The molecule has 0 bridgehead atoms. The third-order valence-electron chi connectivity index (χ3n) is 2.46. The molecule has 1 heterocycles. The molecule has 1 saturated heterocycles. The van der Waals surface area contributed by atoms with Gasteiger partial charge in [0.1, 0.15) is 5.60 Å². The first-order valence-corrected chi connectivity index (χ1v) is 5.17. The quantitative estimate of drug-likeness (QED) is 0.732. The summed E-state index contributed by atoms with van der Waals surface area (Å²) < 4.78 is 5.09. The molecule has 0 saturated carbocycles. The third-order valence-corrected chi connectivity index (χ3v) is 2.46. The van der Waals surface area contributed by atoms with Gasteiger partial charge in [0.05, 0.1) is 13.0 Å². The van der Waals surface area contributed by atoms with Crippen LogP contribution in [0.15, 0.2) is 0 Å². The number of carbonyl (C=O) groups excluding carboxylic acids is 1. The van der Waals surface area contributed by atoms with Gasteiger partial charge in [-0.15, -0.1) is 0 Å². The summed E-state index contributed by atoms with van der Waals surface area (Å²) in [6.45, 7) is 3.28. The molecule has 1 amide bonds. The molecule has 6 heteroatoms. The van der Waals surface area contributed by atoms with E-state index in [1.165, 1.54) is 0 Å².